The molecule has 0 spiro atoms. The number of hydrogen-bond acceptors (Lipinski definition) is 4. The van der Waals surface area contributed by atoms with Gasteiger partial charge in [0.1, 0.15) is 5.01 Å². The molecule has 0 aliphatic carbocycles. The Balaban J connectivity index is 2.07. The minimum atomic E-state index is -0.227. The van der Waals surface area contributed by atoms with Gasteiger partial charge in [-0.15, -0.1) is 11.3 Å². The smallest absolute Gasteiger partial charge is 0.242 e. The molecule has 1 saturated heterocycles. The number of carbonyl (C=O) groups is 1. The Morgan fingerprint density at radius 1 is 1.42 bits per heavy atom. The molecule has 6 nitrogen and oxygen atoms in total. The third kappa shape index (κ3) is 3.88. The molecule has 24 heavy (non-hydrogen) atoms. The molecular weight excluding hydrogens is 322 g/mol. The largest absolute Gasteiger partial charge is 0.350 e. The highest BCUT2D eigenvalue weighted by atomic mass is 32.1. The molecule has 1 fully saturated rings. The number of guanidine groups is 1. The fourth-order valence-corrected chi connectivity index (χ4v) is 4.29. The number of thiazole rings is 1. The number of aromatic nitrogens is 1. The van der Waals surface area contributed by atoms with Crippen molar-refractivity contribution in [3.05, 3.63) is 15.6 Å². The predicted molar refractivity (Wildman–Crippen MR) is 99.4 cm³/mol. The number of amides is 1. The molecule has 1 aromatic heterocycles. The van der Waals surface area contributed by atoms with Crippen LogP contribution in [0.15, 0.2) is 4.99 Å². The molecule has 2 heterocycles. The lowest BCUT2D eigenvalue weighted by atomic mass is 9.96. The van der Waals surface area contributed by atoms with Crippen LogP contribution in [-0.2, 0) is 11.3 Å². The van der Waals surface area contributed by atoms with Crippen LogP contribution in [-0.4, -0.2) is 58.4 Å². The van der Waals surface area contributed by atoms with Crippen LogP contribution in [0.25, 0.3) is 0 Å². The second-order valence-corrected chi connectivity index (χ2v) is 8.46. The van der Waals surface area contributed by atoms with Crippen LogP contribution in [0.1, 0.15) is 43.3 Å². The van der Waals surface area contributed by atoms with Crippen molar-refractivity contribution in [2.75, 3.05) is 20.1 Å². The summed E-state index contributed by atoms with van der Waals surface area (Å²) in [6, 6.07) is 0.200. The zero-order valence-electron chi connectivity index (χ0n) is 15.8. The molecule has 0 atom stereocenters. The van der Waals surface area contributed by atoms with E-state index in [1.165, 1.54) is 4.88 Å². The second-order valence-electron chi connectivity index (χ2n) is 7.18. The molecular formula is C17H29N5OS. The van der Waals surface area contributed by atoms with Crippen LogP contribution in [0.4, 0.5) is 0 Å². The molecule has 1 aliphatic heterocycles. The molecule has 7 heteroatoms. The summed E-state index contributed by atoms with van der Waals surface area (Å²) >= 11 is 1.70. The second kappa shape index (κ2) is 7.09. The van der Waals surface area contributed by atoms with E-state index in [-0.39, 0.29) is 17.5 Å². The Hall–Kier alpha value is -1.63. The van der Waals surface area contributed by atoms with Gasteiger partial charge in [-0.2, -0.15) is 0 Å². The third-order valence-corrected chi connectivity index (χ3v) is 5.40. The van der Waals surface area contributed by atoms with Crippen LogP contribution in [0.2, 0.25) is 0 Å². The topological polar surface area (TPSA) is 60.8 Å². The van der Waals surface area contributed by atoms with Crippen molar-refractivity contribution in [2.24, 2.45) is 4.99 Å². The van der Waals surface area contributed by atoms with Crippen molar-refractivity contribution in [1.82, 2.24) is 20.1 Å². The van der Waals surface area contributed by atoms with E-state index in [0.717, 1.165) is 23.2 Å². The lowest BCUT2D eigenvalue weighted by molar-refractivity contribution is -0.145. The predicted octanol–water partition coefficient (Wildman–Crippen LogP) is 2.17. The highest BCUT2D eigenvalue weighted by molar-refractivity contribution is 7.11. The maximum absolute atomic E-state index is 12.6. The van der Waals surface area contributed by atoms with E-state index in [0.29, 0.717) is 13.1 Å². The maximum Gasteiger partial charge on any atom is 0.242 e. The zero-order chi connectivity index (χ0) is 18.1. The molecule has 1 aromatic rings. The summed E-state index contributed by atoms with van der Waals surface area (Å²) in [5.74, 6) is 0.899. The molecule has 0 saturated carbocycles. The summed E-state index contributed by atoms with van der Waals surface area (Å²) in [6.45, 7) is 14.2. The molecule has 0 radical (unpaired) electrons. The average molecular weight is 352 g/mol. The Bertz CT molecular complexity index is 615. The van der Waals surface area contributed by atoms with Gasteiger partial charge in [0.15, 0.2) is 5.96 Å². The summed E-state index contributed by atoms with van der Waals surface area (Å²) in [6.07, 6.45) is 0. The Morgan fingerprint density at radius 2 is 2.08 bits per heavy atom. The van der Waals surface area contributed by atoms with E-state index in [4.69, 9.17) is 0 Å². The van der Waals surface area contributed by atoms with Gasteiger partial charge in [-0.3, -0.25) is 9.79 Å². The molecule has 1 aliphatic rings. The van der Waals surface area contributed by atoms with Gasteiger partial charge in [0, 0.05) is 24.5 Å². The number of rotatable bonds is 3. The van der Waals surface area contributed by atoms with Gasteiger partial charge in [-0.05, 0) is 41.5 Å². The van der Waals surface area contributed by atoms with E-state index in [2.05, 4.69) is 49.9 Å². The number of hydrogen-bond donors (Lipinski definition) is 1. The number of aryl methyl sites for hydroxylation is 2. The number of carbonyl (C=O) groups excluding carboxylic acids is 1. The van der Waals surface area contributed by atoms with Crippen LogP contribution >= 0.6 is 11.3 Å². The summed E-state index contributed by atoms with van der Waals surface area (Å²) in [5, 5.41) is 4.39. The van der Waals surface area contributed by atoms with Gasteiger partial charge >= 0.3 is 0 Å². The standard InChI is InChI=1S/C17H29N5OS/c1-11(2)22-15(23)9-21(10-17(22,5)6)16(18-7)19-8-14-20-12(3)13(4)24-14/h11H,8-10H2,1-7H3,(H,18,19). The first-order valence-corrected chi connectivity index (χ1v) is 9.18. The van der Waals surface area contributed by atoms with Gasteiger partial charge in [0.2, 0.25) is 5.91 Å². The third-order valence-electron chi connectivity index (χ3n) is 4.32. The van der Waals surface area contributed by atoms with Gasteiger partial charge in [0.25, 0.3) is 0 Å². The van der Waals surface area contributed by atoms with Gasteiger partial charge in [-0.25, -0.2) is 4.98 Å². The lowest BCUT2D eigenvalue weighted by Crippen LogP contribution is -2.66. The number of nitrogens with zero attached hydrogens (tertiary/aromatic N) is 4. The Labute approximate surface area is 149 Å². The highest BCUT2D eigenvalue weighted by Gasteiger charge is 2.40. The molecule has 0 aromatic carbocycles. The van der Waals surface area contributed by atoms with Crippen molar-refractivity contribution in [2.45, 2.75) is 59.7 Å². The van der Waals surface area contributed by atoms with Gasteiger partial charge in [0.05, 0.1) is 24.3 Å². The molecule has 0 unspecified atom stereocenters. The normalized spacial score (nSPS) is 18.5. The summed E-state index contributed by atoms with van der Waals surface area (Å²) in [5.41, 5.74) is 0.851. The minimum absolute atomic E-state index is 0.144. The number of aliphatic imine (C=N–C) groups is 1. The van der Waals surface area contributed by atoms with Crippen molar-refractivity contribution in [3.8, 4) is 0 Å². The van der Waals surface area contributed by atoms with E-state index in [1.807, 2.05) is 16.7 Å². The first-order valence-electron chi connectivity index (χ1n) is 8.36. The number of nitrogens with one attached hydrogen (secondary N) is 1. The quantitative estimate of drug-likeness (QED) is 0.670. The van der Waals surface area contributed by atoms with Gasteiger partial charge < -0.3 is 15.1 Å². The van der Waals surface area contributed by atoms with E-state index in [1.54, 1.807) is 18.4 Å². The zero-order valence-corrected chi connectivity index (χ0v) is 16.6. The van der Waals surface area contributed by atoms with E-state index in [9.17, 15) is 4.79 Å². The Morgan fingerprint density at radius 3 is 2.54 bits per heavy atom. The van der Waals surface area contributed by atoms with Crippen LogP contribution in [0, 0.1) is 13.8 Å². The molecule has 134 valence electrons. The summed E-state index contributed by atoms with van der Waals surface area (Å²) < 4.78 is 0. The molecule has 1 amide bonds. The summed E-state index contributed by atoms with van der Waals surface area (Å²) in [4.78, 5) is 26.8. The van der Waals surface area contributed by atoms with Crippen molar-refractivity contribution >= 4 is 23.2 Å². The van der Waals surface area contributed by atoms with Crippen LogP contribution in [0.5, 0.6) is 0 Å². The van der Waals surface area contributed by atoms with Crippen LogP contribution < -0.4 is 5.32 Å². The average Bonchev–Trinajstić information content (AvgIpc) is 2.76. The first kappa shape index (κ1) is 18.7. The van der Waals surface area contributed by atoms with Crippen molar-refractivity contribution in [3.63, 3.8) is 0 Å². The Kier molecular flexibility index (Phi) is 5.52. The summed E-state index contributed by atoms with van der Waals surface area (Å²) in [7, 11) is 1.76. The van der Waals surface area contributed by atoms with Crippen molar-refractivity contribution in [1.29, 1.82) is 0 Å². The fourth-order valence-electron chi connectivity index (χ4n) is 3.41. The van der Waals surface area contributed by atoms with Crippen LogP contribution in [0.3, 0.4) is 0 Å². The minimum Gasteiger partial charge on any atom is -0.350 e. The highest BCUT2D eigenvalue weighted by Crippen LogP contribution is 2.24. The van der Waals surface area contributed by atoms with Crippen molar-refractivity contribution < 1.29 is 4.79 Å². The van der Waals surface area contributed by atoms with E-state index >= 15 is 0 Å². The lowest BCUT2D eigenvalue weighted by Gasteiger charge is -2.49. The van der Waals surface area contributed by atoms with E-state index < -0.39 is 0 Å². The number of piperazine rings is 1. The monoisotopic (exact) mass is 351 g/mol. The van der Waals surface area contributed by atoms with Gasteiger partial charge in [-0.1, -0.05) is 0 Å². The molecule has 1 N–H and O–H groups in total. The molecule has 2 rings (SSSR count). The SMILES string of the molecule is CN=C(NCc1nc(C)c(C)s1)N1CC(=O)N(C(C)C)C(C)(C)C1. The molecule has 0 bridgehead atoms. The fraction of sp³-hybridized carbons (Fsp3) is 0.706. The first-order chi connectivity index (χ1) is 11.2. The maximum atomic E-state index is 12.6.